The maximum atomic E-state index is 5.80. The van der Waals surface area contributed by atoms with Gasteiger partial charge in [0, 0.05) is 11.4 Å². The molecule has 62 valence electrons. The Labute approximate surface area is 71.0 Å². The molecule has 2 aromatic rings. The summed E-state index contributed by atoms with van der Waals surface area (Å²) in [5.41, 5.74) is 7.84. The average molecular weight is 161 g/mol. The molecule has 0 aliphatic carbocycles. The third-order valence-electron chi connectivity index (χ3n) is 2.02. The summed E-state index contributed by atoms with van der Waals surface area (Å²) in [6.45, 7) is 1.97. The molecule has 1 unspecified atom stereocenters. The van der Waals surface area contributed by atoms with E-state index in [0.717, 1.165) is 16.5 Å². The molecule has 0 aliphatic rings. The number of rotatable bonds is 1. The summed E-state index contributed by atoms with van der Waals surface area (Å²) in [5, 5.41) is 1.12. The fourth-order valence-electron chi connectivity index (χ4n) is 1.41. The van der Waals surface area contributed by atoms with Crippen molar-refractivity contribution in [3.63, 3.8) is 0 Å². The van der Waals surface area contributed by atoms with Crippen LogP contribution in [0.15, 0.2) is 34.9 Å². The standard InChI is InChI=1S/C10H11NO/c1-7(11)8-3-2-4-10-9(8)5-6-12-10/h2-7H,11H2,1H3. The Hall–Kier alpha value is -1.28. The van der Waals surface area contributed by atoms with Crippen molar-refractivity contribution < 1.29 is 4.42 Å². The minimum absolute atomic E-state index is 0.0614. The summed E-state index contributed by atoms with van der Waals surface area (Å²) in [4.78, 5) is 0. The normalized spacial score (nSPS) is 13.5. The van der Waals surface area contributed by atoms with Gasteiger partial charge in [0.05, 0.1) is 6.26 Å². The zero-order valence-electron chi connectivity index (χ0n) is 6.95. The van der Waals surface area contributed by atoms with E-state index < -0.39 is 0 Å². The Kier molecular flexibility index (Phi) is 1.62. The number of benzene rings is 1. The SMILES string of the molecule is CC(N)c1cccc2occc12. The molecule has 1 aromatic heterocycles. The summed E-state index contributed by atoms with van der Waals surface area (Å²) in [5.74, 6) is 0. The van der Waals surface area contributed by atoms with Gasteiger partial charge >= 0.3 is 0 Å². The van der Waals surface area contributed by atoms with Crippen molar-refractivity contribution >= 4 is 11.0 Å². The van der Waals surface area contributed by atoms with E-state index in [1.54, 1.807) is 6.26 Å². The van der Waals surface area contributed by atoms with Crippen molar-refractivity contribution in [2.45, 2.75) is 13.0 Å². The van der Waals surface area contributed by atoms with E-state index in [2.05, 4.69) is 0 Å². The lowest BCUT2D eigenvalue weighted by atomic mass is 10.1. The molecule has 12 heavy (non-hydrogen) atoms. The van der Waals surface area contributed by atoms with Crippen LogP contribution in [0.4, 0.5) is 0 Å². The van der Waals surface area contributed by atoms with Gasteiger partial charge in [-0.2, -0.15) is 0 Å². The fraction of sp³-hybridized carbons (Fsp3) is 0.200. The number of hydrogen-bond donors (Lipinski definition) is 1. The van der Waals surface area contributed by atoms with Gasteiger partial charge in [-0.05, 0) is 24.6 Å². The quantitative estimate of drug-likeness (QED) is 0.697. The van der Waals surface area contributed by atoms with E-state index in [9.17, 15) is 0 Å². The van der Waals surface area contributed by atoms with Crippen molar-refractivity contribution in [1.29, 1.82) is 0 Å². The van der Waals surface area contributed by atoms with Crippen molar-refractivity contribution in [2.24, 2.45) is 5.73 Å². The number of furan rings is 1. The Bertz CT molecular complexity index is 389. The molecule has 1 aromatic carbocycles. The maximum absolute atomic E-state index is 5.80. The molecule has 0 amide bonds. The van der Waals surface area contributed by atoms with E-state index in [1.807, 2.05) is 31.2 Å². The monoisotopic (exact) mass is 161 g/mol. The third kappa shape index (κ3) is 1.01. The van der Waals surface area contributed by atoms with Crippen molar-refractivity contribution in [2.75, 3.05) is 0 Å². The van der Waals surface area contributed by atoms with Crippen LogP contribution in [0.5, 0.6) is 0 Å². The predicted octanol–water partition coefficient (Wildman–Crippen LogP) is 2.45. The van der Waals surface area contributed by atoms with E-state index in [-0.39, 0.29) is 6.04 Å². The lowest BCUT2D eigenvalue weighted by molar-refractivity contribution is 0.615. The Balaban J connectivity index is 2.73. The van der Waals surface area contributed by atoms with Gasteiger partial charge in [0.15, 0.2) is 0 Å². The highest BCUT2D eigenvalue weighted by Gasteiger charge is 2.05. The van der Waals surface area contributed by atoms with Gasteiger partial charge in [-0.3, -0.25) is 0 Å². The second kappa shape index (κ2) is 2.64. The maximum Gasteiger partial charge on any atom is 0.134 e. The highest BCUT2D eigenvalue weighted by Crippen LogP contribution is 2.23. The van der Waals surface area contributed by atoms with Crippen molar-refractivity contribution in [1.82, 2.24) is 0 Å². The second-order valence-corrected chi connectivity index (χ2v) is 2.97. The molecule has 2 rings (SSSR count). The largest absolute Gasteiger partial charge is 0.464 e. The second-order valence-electron chi connectivity index (χ2n) is 2.97. The summed E-state index contributed by atoms with van der Waals surface area (Å²) < 4.78 is 5.25. The molecule has 0 radical (unpaired) electrons. The molecule has 1 heterocycles. The molecular formula is C10H11NO. The molecule has 2 N–H and O–H groups in total. The molecule has 0 saturated heterocycles. The molecule has 0 saturated carbocycles. The van der Waals surface area contributed by atoms with Crippen LogP contribution < -0.4 is 5.73 Å². The van der Waals surface area contributed by atoms with Crippen LogP contribution in [0.3, 0.4) is 0 Å². The lowest BCUT2D eigenvalue weighted by Gasteiger charge is -2.05. The third-order valence-corrected chi connectivity index (χ3v) is 2.02. The highest BCUT2D eigenvalue weighted by molar-refractivity contribution is 5.81. The van der Waals surface area contributed by atoms with Gasteiger partial charge in [0.2, 0.25) is 0 Å². The smallest absolute Gasteiger partial charge is 0.134 e. The van der Waals surface area contributed by atoms with Crippen LogP contribution in [-0.2, 0) is 0 Å². The summed E-state index contributed by atoms with van der Waals surface area (Å²) in [6.07, 6.45) is 1.69. The topological polar surface area (TPSA) is 39.2 Å². The molecule has 0 fully saturated rings. The van der Waals surface area contributed by atoms with E-state index in [0.29, 0.717) is 0 Å². The minimum Gasteiger partial charge on any atom is -0.464 e. The first-order valence-corrected chi connectivity index (χ1v) is 4.01. The summed E-state index contributed by atoms with van der Waals surface area (Å²) >= 11 is 0. The zero-order valence-corrected chi connectivity index (χ0v) is 6.95. The van der Waals surface area contributed by atoms with E-state index >= 15 is 0 Å². The summed E-state index contributed by atoms with van der Waals surface area (Å²) in [7, 11) is 0. The minimum atomic E-state index is 0.0614. The van der Waals surface area contributed by atoms with Crippen LogP contribution in [0.25, 0.3) is 11.0 Å². The molecular weight excluding hydrogens is 150 g/mol. The zero-order chi connectivity index (χ0) is 8.55. The Morgan fingerprint density at radius 2 is 2.17 bits per heavy atom. The van der Waals surface area contributed by atoms with Gasteiger partial charge in [0.25, 0.3) is 0 Å². The number of fused-ring (bicyclic) bond motifs is 1. The first-order chi connectivity index (χ1) is 5.79. The molecule has 2 nitrogen and oxygen atoms in total. The van der Waals surface area contributed by atoms with Crippen molar-refractivity contribution in [3.05, 3.63) is 36.1 Å². The van der Waals surface area contributed by atoms with E-state index in [1.165, 1.54) is 0 Å². The van der Waals surface area contributed by atoms with E-state index in [4.69, 9.17) is 10.2 Å². The summed E-state index contributed by atoms with van der Waals surface area (Å²) in [6, 6.07) is 7.95. The first-order valence-electron chi connectivity index (χ1n) is 4.01. The van der Waals surface area contributed by atoms with Crippen LogP contribution in [0.1, 0.15) is 18.5 Å². The van der Waals surface area contributed by atoms with Gasteiger partial charge in [-0.15, -0.1) is 0 Å². The van der Waals surface area contributed by atoms with Crippen LogP contribution in [-0.4, -0.2) is 0 Å². The lowest BCUT2D eigenvalue weighted by Crippen LogP contribution is -2.04. The number of hydrogen-bond acceptors (Lipinski definition) is 2. The average Bonchev–Trinajstić information content (AvgIpc) is 2.49. The molecule has 1 atom stereocenters. The Morgan fingerprint density at radius 3 is 2.92 bits per heavy atom. The van der Waals surface area contributed by atoms with Crippen LogP contribution in [0.2, 0.25) is 0 Å². The van der Waals surface area contributed by atoms with Crippen LogP contribution in [0, 0.1) is 0 Å². The molecule has 0 aliphatic heterocycles. The number of nitrogens with two attached hydrogens (primary N) is 1. The van der Waals surface area contributed by atoms with Gasteiger partial charge in [0.1, 0.15) is 5.58 Å². The van der Waals surface area contributed by atoms with Gasteiger partial charge < -0.3 is 10.2 Å². The molecule has 0 bridgehead atoms. The van der Waals surface area contributed by atoms with Gasteiger partial charge in [-0.1, -0.05) is 12.1 Å². The van der Waals surface area contributed by atoms with Gasteiger partial charge in [-0.25, -0.2) is 0 Å². The fourth-order valence-corrected chi connectivity index (χ4v) is 1.41. The molecule has 2 heteroatoms. The van der Waals surface area contributed by atoms with Crippen LogP contribution >= 0.6 is 0 Å². The highest BCUT2D eigenvalue weighted by atomic mass is 16.3. The molecule has 0 spiro atoms. The van der Waals surface area contributed by atoms with Crippen molar-refractivity contribution in [3.8, 4) is 0 Å². The Morgan fingerprint density at radius 1 is 1.33 bits per heavy atom. The predicted molar refractivity (Wildman–Crippen MR) is 48.8 cm³/mol. The first kappa shape index (κ1) is 7.37.